The zero-order valence-electron chi connectivity index (χ0n) is 17.9. The van der Waals surface area contributed by atoms with E-state index in [1.54, 1.807) is 40.4 Å². The molecule has 1 amide bonds. The highest BCUT2D eigenvalue weighted by Crippen LogP contribution is 2.32. The topological polar surface area (TPSA) is 46.1 Å². The second kappa shape index (κ2) is 9.62. The average Bonchev–Trinajstić information content (AvgIpc) is 3.20. The standard InChI is InChI=1S/C25H25N3OS2/c1-4-18-5-10-22-23(15-18)31-25(27-22)28(16-19-11-13-26-14-12-19)24(29)20-6-8-21(9-7-20)30-17(2)3/h5-15,17H,4,16H2,1-3H3. The first-order valence-electron chi connectivity index (χ1n) is 10.4. The van der Waals surface area contributed by atoms with Crippen LogP contribution in [0.4, 0.5) is 5.13 Å². The van der Waals surface area contributed by atoms with Gasteiger partial charge >= 0.3 is 0 Å². The van der Waals surface area contributed by atoms with Gasteiger partial charge in [0.25, 0.3) is 5.91 Å². The molecule has 2 heterocycles. The number of thioether (sulfide) groups is 1. The molecule has 158 valence electrons. The minimum Gasteiger partial charge on any atom is -0.279 e. The predicted molar refractivity (Wildman–Crippen MR) is 131 cm³/mol. The summed E-state index contributed by atoms with van der Waals surface area (Å²) in [5.74, 6) is -0.0484. The van der Waals surface area contributed by atoms with Crippen LogP contribution in [0, 0.1) is 0 Å². The molecule has 0 saturated carbocycles. The fourth-order valence-electron chi connectivity index (χ4n) is 3.29. The molecule has 0 spiro atoms. The van der Waals surface area contributed by atoms with E-state index in [1.165, 1.54) is 10.5 Å². The van der Waals surface area contributed by atoms with Crippen LogP contribution in [0.25, 0.3) is 10.2 Å². The van der Waals surface area contributed by atoms with Gasteiger partial charge < -0.3 is 0 Å². The largest absolute Gasteiger partial charge is 0.279 e. The summed E-state index contributed by atoms with van der Waals surface area (Å²) in [6, 6.07) is 18.1. The molecule has 2 aromatic heterocycles. The lowest BCUT2D eigenvalue weighted by atomic mass is 10.2. The van der Waals surface area contributed by atoms with Gasteiger partial charge in [0.05, 0.1) is 16.8 Å². The minimum atomic E-state index is -0.0484. The Labute approximate surface area is 191 Å². The molecule has 0 aliphatic heterocycles. The lowest BCUT2D eigenvalue weighted by Crippen LogP contribution is -2.30. The van der Waals surface area contributed by atoms with Crippen LogP contribution in [0.2, 0.25) is 0 Å². The van der Waals surface area contributed by atoms with E-state index in [4.69, 9.17) is 4.98 Å². The summed E-state index contributed by atoms with van der Waals surface area (Å²) in [6.07, 6.45) is 4.48. The quantitative estimate of drug-likeness (QED) is 0.299. The van der Waals surface area contributed by atoms with E-state index in [1.807, 2.05) is 42.5 Å². The zero-order chi connectivity index (χ0) is 21.8. The monoisotopic (exact) mass is 447 g/mol. The van der Waals surface area contributed by atoms with Crippen molar-refractivity contribution >= 4 is 44.4 Å². The number of carbonyl (C=O) groups is 1. The van der Waals surface area contributed by atoms with Gasteiger partial charge in [-0.15, -0.1) is 11.8 Å². The summed E-state index contributed by atoms with van der Waals surface area (Å²) in [6.45, 7) is 6.92. The van der Waals surface area contributed by atoms with Crippen molar-refractivity contribution < 1.29 is 4.79 Å². The molecule has 0 aliphatic carbocycles. The number of rotatable bonds is 7. The van der Waals surface area contributed by atoms with Crippen LogP contribution in [-0.2, 0) is 13.0 Å². The van der Waals surface area contributed by atoms with Gasteiger partial charge in [-0.1, -0.05) is 38.2 Å². The molecular formula is C25H25N3OS2. The van der Waals surface area contributed by atoms with E-state index < -0.39 is 0 Å². The lowest BCUT2D eigenvalue weighted by molar-refractivity contribution is 0.0985. The van der Waals surface area contributed by atoms with E-state index in [9.17, 15) is 4.79 Å². The Morgan fingerprint density at radius 1 is 1.03 bits per heavy atom. The van der Waals surface area contributed by atoms with Gasteiger partial charge in [-0.25, -0.2) is 4.98 Å². The Morgan fingerprint density at radius 3 is 2.45 bits per heavy atom. The molecule has 0 atom stereocenters. The normalized spacial score (nSPS) is 11.2. The number of carbonyl (C=O) groups excluding carboxylic acids is 1. The SMILES string of the molecule is CCc1ccc2nc(N(Cc3ccncc3)C(=O)c3ccc(SC(C)C)cc3)sc2c1. The molecule has 0 unspecified atom stereocenters. The summed E-state index contributed by atoms with van der Waals surface area (Å²) in [5, 5.41) is 1.21. The van der Waals surface area contributed by atoms with Crippen LogP contribution in [0.1, 0.15) is 42.3 Å². The number of benzene rings is 2. The van der Waals surface area contributed by atoms with E-state index >= 15 is 0 Å². The number of hydrogen-bond donors (Lipinski definition) is 0. The van der Waals surface area contributed by atoms with E-state index in [0.29, 0.717) is 22.5 Å². The fourth-order valence-corrected chi connectivity index (χ4v) is 5.16. The first-order valence-corrected chi connectivity index (χ1v) is 12.1. The maximum absolute atomic E-state index is 13.6. The first kappa shape index (κ1) is 21.5. The van der Waals surface area contributed by atoms with Gasteiger partial charge in [0, 0.05) is 28.1 Å². The molecule has 4 nitrogen and oxygen atoms in total. The zero-order valence-corrected chi connectivity index (χ0v) is 19.5. The maximum Gasteiger partial charge on any atom is 0.260 e. The third-order valence-electron chi connectivity index (χ3n) is 4.89. The third kappa shape index (κ3) is 5.14. The first-order chi connectivity index (χ1) is 15.0. The Morgan fingerprint density at radius 2 is 1.77 bits per heavy atom. The number of anilines is 1. The minimum absolute atomic E-state index is 0.0484. The number of amides is 1. The maximum atomic E-state index is 13.6. The highest BCUT2D eigenvalue weighted by molar-refractivity contribution is 7.99. The van der Waals surface area contributed by atoms with Crippen molar-refractivity contribution in [2.75, 3.05) is 4.90 Å². The molecule has 31 heavy (non-hydrogen) atoms. The van der Waals surface area contributed by atoms with Gasteiger partial charge in [0.1, 0.15) is 0 Å². The Bertz CT molecular complexity index is 1170. The molecule has 6 heteroatoms. The van der Waals surface area contributed by atoms with Gasteiger partial charge in [-0.2, -0.15) is 0 Å². The number of nitrogens with zero attached hydrogens (tertiary/aromatic N) is 3. The summed E-state index contributed by atoms with van der Waals surface area (Å²) >= 11 is 3.35. The van der Waals surface area contributed by atoms with Crippen LogP contribution < -0.4 is 4.90 Å². The highest BCUT2D eigenvalue weighted by Gasteiger charge is 2.22. The van der Waals surface area contributed by atoms with Crippen molar-refractivity contribution in [1.29, 1.82) is 0 Å². The van der Waals surface area contributed by atoms with Crippen LogP contribution in [0.3, 0.4) is 0 Å². The van der Waals surface area contributed by atoms with E-state index in [0.717, 1.165) is 22.2 Å². The number of thiazole rings is 1. The highest BCUT2D eigenvalue weighted by atomic mass is 32.2. The van der Waals surface area contributed by atoms with E-state index in [2.05, 4.69) is 37.9 Å². The number of fused-ring (bicyclic) bond motifs is 1. The van der Waals surface area contributed by atoms with Gasteiger partial charge in [0.15, 0.2) is 5.13 Å². The van der Waals surface area contributed by atoms with Crippen LogP contribution in [0.15, 0.2) is 71.9 Å². The second-order valence-corrected chi connectivity index (χ2v) is 10.2. The van der Waals surface area contributed by atoms with Gasteiger partial charge in [-0.05, 0) is 66.1 Å². The second-order valence-electron chi connectivity index (χ2n) is 7.59. The average molecular weight is 448 g/mol. The summed E-state index contributed by atoms with van der Waals surface area (Å²) in [4.78, 5) is 25.4. The van der Waals surface area contributed by atoms with Crippen LogP contribution in [0.5, 0.6) is 0 Å². The van der Waals surface area contributed by atoms with E-state index in [-0.39, 0.29) is 5.91 Å². The number of hydrogen-bond acceptors (Lipinski definition) is 5. The van der Waals surface area contributed by atoms with Crippen molar-refractivity contribution in [1.82, 2.24) is 9.97 Å². The van der Waals surface area contributed by atoms with Crippen molar-refractivity contribution in [3.8, 4) is 0 Å². The molecule has 0 radical (unpaired) electrons. The van der Waals surface area contributed by atoms with Crippen molar-refractivity contribution in [2.45, 2.75) is 43.9 Å². The number of pyridine rings is 1. The summed E-state index contributed by atoms with van der Waals surface area (Å²) in [7, 11) is 0. The van der Waals surface area contributed by atoms with Crippen molar-refractivity contribution in [2.24, 2.45) is 0 Å². The molecule has 0 N–H and O–H groups in total. The molecule has 0 fully saturated rings. The molecule has 0 bridgehead atoms. The van der Waals surface area contributed by atoms with Crippen LogP contribution in [-0.4, -0.2) is 21.1 Å². The summed E-state index contributed by atoms with van der Waals surface area (Å²) in [5.41, 5.74) is 3.88. The molecule has 2 aromatic carbocycles. The Balaban J connectivity index is 1.69. The smallest absolute Gasteiger partial charge is 0.260 e. The van der Waals surface area contributed by atoms with Gasteiger partial charge in [0.2, 0.25) is 0 Å². The molecule has 0 saturated heterocycles. The number of aromatic nitrogens is 2. The third-order valence-corrected chi connectivity index (χ3v) is 6.95. The fraction of sp³-hybridized carbons (Fsp3) is 0.240. The van der Waals surface area contributed by atoms with Crippen molar-refractivity contribution in [3.63, 3.8) is 0 Å². The Hall–Kier alpha value is -2.70. The summed E-state index contributed by atoms with van der Waals surface area (Å²) < 4.78 is 1.10. The van der Waals surface area contributed by atoms with Crippen molar-refractivity contribution in [3.05, 3.63) is 83.7 Å². The molecular weight excluding hydrogens is 422 g/mol. The molecule has 4 aromatic rings. The molecule has 4 rings (SSSR count). The number of aryl methyl sites for hydroxylation is 1. The van der Waals surface area contributed by atoms with Gasteiger partial charge in [-0.3, -0.25) is 14.7 Å². The predicted octanol–water partition coefficient (Wildman–Crippen LogP) is 6.60. The lowest BCUT2D eigenvalue weighted by Gasteiger charge is -2.20. The molecule has 0 aliphatic rings. The van der Waals surface area contributed by atoms with Crippen LogP contribution >= 0.6 is 23.1 Å². The Kier molecular flexibility index (Phi) is 6.68.